The summed E-state index contributed by atoms with van der Waals surface area (Å²) in [7, 11) is 0. The normalized spacial score (nSPS) is 40.3. The van der Waals surface area contributed by atoms with Crippen LogP contribution in [0.2, 0.25) is 0 Å². The average Bonchev–Trinajstić information content (AvgIpc) is 2.42. The molecule has 0 saturated heterocycles. The Morgan fingerprint density at radius 3 is 2.24 bits per heavy atom. The largest absolute Gasteiger partial charge is 0.367 e. The van der Waals surface area contributed by atoms with E-state index < -0.39 is 11.8 Å². The number of nitrogens with one attached hydrogen (secondary N) is 1. The molecular weight excluding hydrogens is 222 g/mol. The zero-order valence-electron chi connectivity index (χ0n) is 9.76. The van der Waals surface area contributed by atoms with Crippen molar-refractivity contribution in [2.75, 3.05) is 0 Å². The van der Waals surface area contributed by atoms with Crippen LogP contribution in [0, 0.1) is 17.4 Å². The van der Waals surface area contributed by atoms with Crippen molar-refractivity contribution in [1.82, 2.24) is 5.32 Å². The van der Waals surface area contributed by atoms with E-state index in [2.05, 4.69) is 10.3 Å². The first-order valence-corrected chi connectivity index (χ1v) is 6.28. The third-order valence-electron chi connectivity index (χ3n) is 4.93. The summed E-state index contributed by atoms with van der Waals surface area (Å²) >= 11 is 0. The van der Waals surface area contributed by atoms with Gasteiger partial charge in [-0.05, 0) is 44.6 Å². The van der Waals surface area contributed by atoms with E-state index in [0.717, 1.165) is 25.0 Å². The third kappa shape index (κ3) is 1.60. The van der Waals surface area contributed by atoms with Gasteiger partial charge in [0.25, 0.3) is 0 Å². The maximum Gasteiger partial charge on any atom is 0.244 e. The Hall–Kier alpha value is -0.930. The summed E-state index contributed by atoms with van der Waals surface area (Å²) in [6.07, 6.45) is 6.12. The fourth-order valence-electron chi connectivity index (χ4n) is 3.56. The molecular formula is C13H17F2N2. The van der Waals surface area contributed by atoms with Crippen LogP contribution in [-0.2, 0) is 0 Å². The molecule has 4 heteroatoms. The number of halogens is 2. The Balaban J connectivity index is 1.81. The van der Waals surface area contributed by atoms with E-state index in [0.29, 0.717) is 19.3 Å². The van der Waals surface area contributed by atoms with Crippen molar-refractivity contribution in [2.45, 2.75) is 45.0 Å². The molecule has 2 nitrogen and oxygen atoms in total. The van der Waals surface area contributed by atoms with Crippen molar-refractivity contribution >= 4 is 6.34 Å². The topological polar surface area (TPSA) is 24.4 Å². The van der Waals surface area contributed by atoms with Crippen molar-refractivity contribution < 1.29 is 8.78 Å². The lowest BCUT2D eigenvalue weighted by atomic mass is 9.53. The summed E-state index contributed by atoms with van der Waals surface area (Å²) in [5, 5.41) is 2.92. The van der Waals surface area contributed by atoms with Gasteiger partial charge in [-0.1, -0.05) is 0 Å². The zero-order chi connectivity index (χ0) is 11.9. The predicted molar refractivity (Wildman–Crippen MR) is 62.6 cm³/mol. The number of nitrogens with zero attached hydrogens (tertiary/aromatic N) is 1. The molecule has 1 N–H and O–H groups in total. The number of rotatable bonds is 2. The van der Waals surface area contributed by atoms with Crippen LogP contribution in [-0.4, -0.2) is 12.8 Å². The van der Waals surface area contributed by atoms with Crippen molar-refractivity contribution in [3.8, 4) is 0 Å². The molecule has 0 aromatic carbocycles. The molecule has 0 aromatic rings. The van der Waals surface area contributed by atoms with Crippen molar-refractivity contribution in [1.29, 1.82) is 0 Å². The summed E-state index contributed by atoms with van der Waals surface area (Å²) in [5.74, 6) is 0. The smallest absolute Gasteiger partial charge is 0.244 e. The monoisotopic (exact) mass is 239 g/mol. The fraction of sp³-hybridized carbons (Fsp3) is 0.692. The molecule has 17 heavy (non-hydrogen) atoms. The Labute approximate surface area is 100 Å². The molecule has 1 radical (unpaired) electrons. The first-order valence-electron chi connectivity index (χ1n) is 6.28. The molecule has 3 saturated carbocycles. The van der Waals surface area contributed by atoms with E-state index in [1.165, 1.54) is 0 Å². The summed E-state index contributed by atoms with van der Waals surface area (Å²) < 4.78 is 26.2. The molecule has 0 amide bonds. The van der Waals surface area contributed by atoms with Gasteiger partial charge in [-0.15, -0.1) is 0 Å². The van der Waals surface area contributed by atoms with Crippen LogP contribution in [0.1, 0.15) is 38.5 Å². The van der Waals surface area contributed by atoms with Gasteiger partial charge in [0, 0.05) is 16.5 Å². The number of aliphatic imine (C=N–C) groups is 1. The van der Waals surface area contributed by atoms with Crippen LogP contribution in [0.3, 0.4) is 0 Å². The minimum Gasteiger partial charge on any atom is -0.367 e. The second kappa shape index (κ2) is 3.79. The quantitative estimate of drug-likeness (QED) is 0.785. The Morgan fingerprint density at radius 2 is 1.76 bits per heavy atom. The maximum absolute atomic E-state index is 13.1. The zero-order valence-corrected chi connectivity index (χ0v) is 9.76. The van der Waals surface area contributed by atoms with Crippen molar-refractivity contribution in [3.05, 3.63) is 18.3 Å². The van der Waals surface area contributed by atoms with Gasteiger partial charge in [0.2, 0.25) is 6.43 Å². The van der Waals surface area contributed by atoms with Crippen LogP contribution in [0.25, 0.3) is 0 Å². The summed E-state index contributed by atoms with van der Waals surface area (Å²) in [4.78, 5) is 4.39. The summed E-state index contributed by atoms with van der Waals surface area (Å²) in [6.45, 7) is 1.88. The highest BCUT2D eigenvalue weighted by molar-refractivity contribution is 5.60. The van der Waals surface area contributed by atoms with Crippen LogP contribution in [0.15, 0.2) is 16.8 Å². The van der Waals surface area contributed by atoms with Gasteiger partial charge in [-0.3, -0.25) is 0 Å². The predicted octanol–water partition coefficient (Wildman–Crippen LogP) is 3.27. The second-order valence-corrected chi connectivity index (χ2v) is 5.59. The number of hydrogen-bond donors (Lipinski definition) is 1. The molecule has 3 aliphatic carbocycles. The summed E-state index contributed by atoms with van der Waals surface area (Å²) in [6, 6.07) is 0. The molecule has 1 heterocycles. The van der Waals surface area contributed by atoms with E-state index in [1.807, 2.05) is 12.6 Å². The van der Waals surface area contributed by atoms with E-state index in [9.17, 15) is 8.78 Å². The van der Waals surface area contributed by atoms with Gasteiger partial charge in [0.05, 0.1) is 12.9 Å². The highest BCUT2D eigenvalue weighted by atomic mass is 19.3. The van der Waals surface area contributed by atoms with Gasteiger partial charge in [-0.2, -0.15) is 0 Å². The lowest BCUT2D eigenvalue weighted by molar-refractivity contribution is -0.0957. The fourth-order valence-corrected chi connectivity index (χ4v) is 3.56. The van der Waals surface area contributed by atoms with Crippen LogP contribution in [0.5, 0.6) is 0 Å². The van der Waals surface area contributed by atoms with Gasteiger partial charge >= 0.3 is 0 Å². The molecule has 3 fully saturated rings. The van der Waals surface area contributed by atoms with E-state index in [4.69, 9.17) is 0 Å². The number of allylic oxidation sites excluding steroid dienone is 1. The van der Waals surface area contributed by atoms with Crippen LogP contribution >= 0.6 is 0 Å². The Kier molecular flexibility index (Phi) is 2.49. The van der Waals surface area contributed by atoms with E-state index in [1.54, 1.807) is 6.34 Å². The Bertz CT molecular complexity index is 349. The van der Waals surface area contributed by atoms with E-state index >= 15 is 0 Å². The number of fused-ring (bicyclic) bond motifs is 3. The molecule has 0 spiro atoms. The molecule has 0 aromatic heterocycles. The average molecular weight is 239 g/mol. The van der Waals surface area contributed by atoms with Gasteiger partial charge in [0.15, 0.2) is 0 Å². The standard InChI is InChI=1S/C13H17F2N2/c14-11(15)13-5-2-12(3-6-13,4-7-13)10-1-8-16-9-17-10/h1,8-9,11H,2-7H2,(H,16,17). The minimum atomic E-state index is -2.15. The van der Waals surface area contributed by atoms with Gasteiger partial charge in [-0.25, -0.2) is 13.8 Å². The number of hydrogen-bond acceptors (Lipinski definition) is 2. The first kappa shape index (κ1) is 11.2. The first-order chi connectivity index (χ1) is 8.17. The lowest BCUT2D eigenvalue weighted by Crippen LogP contribution is -2.46. The molecule has 0 unspecified atom stereocenters. The molecule has 93 valence electrons. The highest BCUT2D eigenvalue weighted by Crippen LogP contribution is 2.61. The van der Waals surface area contributed by atoms with Crippen molar-refractivity contribution in [2.24, 2.45) is 15.8 Å². The van der Waals surface area contributed by atoms with E-state index in [-0.39, 0.29) is 5.41 Å². The number of alkyl halides is 2. The highest BCUT2D eigenvalue weighted by Gasteiger charge is 2.54. The van der Waals surface area contributed by atoms with Crippen molar-refractivity contribution in [3.63, 3.8) is 0 Å². The SMILES string of the molecule is FC(F)C12CCC(C3=C[CH]NC=N3)(CC1)CC2. The molecule has 1 aliphatic heterocycles. The third-order valence-corrected chi connectivity index (χ3v) is 4.93. The molecule has 4 aliphatic rings. The van der Waals surface area contributed by atoms with Gasteiger partial charge < -0.3 is 5.32 Å². The molecule has 4 rings (SSSR count). The lowest BCUT2D eigenvalue weighted by Gasteiger charge is -2.53. The minimum absolute atomic E-state index is 0.0751. The van der Waals surface area contributed by atoms with Crippen LogP contribution < -0.4 is 5.32 Å². The second-order valence-electron chi connectivity index (χ2n) is 5.59. The maximum atomic E-state index is 13.1. The van der Waals surface area contributed by atoms with Crippen LogP contribution in [0.4, 0.5) is 8.78 Å². The van der Waals surface area contributed by atoms with Gasteiger partial charge in [0.1, 0.15) is 0 Å². The Morgan fingerprint density at radius 1 is 1.12 bits per heavy atom. The molecule has 2 bridgehead atoms. The summed E-state index contributed by atoms with van der Waals surface area (Å²) in [5.41, 5.74) is 0.479. The molecule has 0 atom stereocenters.